The van der Waals surface area contributed by atoms with Gasteiger partial charge >= 0.3 is 11.6 Å². The summed E-state index contributed by atoms with van der Waals surface area (Å²) < 4.78 is 44.0. The van der Waals surface area contributed by atoms with Crippen molar-refractivity contribution < 1.29 is 23.0 Å². The van der Waals surface area contributed by atoms with Crippen molar-refractivity contribution in [2.45, 2.75) is 24.4 Å². The van der Waals surface area contributed by atoms with E-state index in [0.717, 1.165) is 6.20 Å². The van der Waals surface area contributed by atoms with Crippen molar-refractivity contribution in [1.29, 1.82) is 0 Å². The SMILES string of the molecule is Nc1ccn(C2OC3COCOC3C2(F)F)c(=O)n1. The van der Waals surface area contributed by atoms with Gasteiger partial charge in [-0.2, -0.15) is 13.8 Å². The Bertz CT molecular complexity index is 550. The van der Waals surface area contributed by atoms with Crippen LogP contribution in [-0.4, -0.2) is 41.1 Å². The quantitative estimate of drug-likeness (QED) is 0.759. The number of nitrogens with zero attached hydrogens (tertiary/aromatic N) is 2. The van der Waals surface area contributed by atoms with Crippen LogP contribution in [0.1, 0.15) is 6.23 Å². The normalized spacial score (nSPS) is 33.1. The average Bonchev–Trinajstić information content (AvgIpc) is 2.62. The molecule has 1 aromatic rings. The lowest BCUT2D eigenvalue weighted by Gasteiger charge is -2.27. The first kappa shape index (κ1) is 12.5. The maximum Gasteiger partial charge on any atom is 0.351 e. The highest BCUT2D eigenvalue weighted by molar-refractivity contribution is 5.23. The minimum absolute atomic E-state index is 0.00604. The summed E-state index contributed by atoms with van der Waals surface area (Å²) in [7, 11) is 0. The summed E-state index contributed by atoms with van der Waals surface area (Å²) in [6, 6.07) is 1.25. The highest BCUT2D eigenvalue weighted by Crippen LogP contribution is 2.44. The van der Waals surface area contributed by atoms with Crippen LogP contribution in [0.15, 0.2) is 17.1 Å². The molecule has 3 heterocycles. The second-order valence-corrected chi connectivity index (χ2v) is 4.32. The smallest absolute Gasteiger partial charge is 0.351 e. The monoisotopic (exact) mass is 275 g/mol. The second-order valence-electron chi connectivity index (χ2n) is 4.32. The van der Waals surface area contributed by atoms with E-state index in [1.54, 1.807) is 0 Å². The van der Waals surface area contributed by atoms with Gasteiger partial charge in [0.05, 0.1) is 6.61 Å². The molecule has 2 saturated heterocycles. The van der Waals surface area contributed by atoms with Crippen LogP contribution in [0.3, 0.4) is 0 Å². The summed E-state index contributed by atoms with van der Waals surface area (Å²) in [6.45, 7) is -0.227. The summed E-state index contributed by atoms with van der Waals surface area (Å²) in [6.07, 6.45) is -3.00. The van der Waals surface area contributed by atoms with Crippen molar-refractivity contribution in [3.05, 3.63) is 22.7 Å². The van der Waals surface area contributed by atoms with E-state index in [4.69, 9.17) is 19.9 Å². The zero-order valence-electron chi connectivity index (χ0n) is 9.66. The highest BCUT2D eigenvalue weighted by Gasteiger charge is 2.62. The fourth-order valence-corrected chi connectivity index (χ4v) is 2.20. The summed E-state index contributed by atoms with van der Waals surface area (Å²) >= 11 is 0. The largest absolute Gasteiger partial charge is 0.383 e. The molecule has 3 unspecified atom stereocenters. The van der Waals surface area contributed by atoms with Crippen LogP contribution in [0.5, 0.6) is 0 Å². The lowest BCUT2D eigenvalue weighted by molar-refractivity contribution is -0.213. The molecule has 3 rings (SSSR count). The van der Waals surface area contributed by atoms with Crippen LogP contribution in [0.2, 0.25) is 0 Å². The standard InChI is InChI=1S/C10H11F2N3O4/c11-10(12)7-5(3-17-4-18-7)19-8(10)15-2-1-6(13)14-9(15)16/h1-2,5,7-8H,3-4H2,(H2,13,14,16). The van der Waals surface area contributed by atoms with Gasteiger partial charge in [0.25, 0.3) is 0 Å². The summed E-state index contributed by atoms with van der Waals surface area (Å²) in [4.78, 5) is 15.0. The third kappa shape index (κ3) is 1.90. The number of rotatable bonds is 1. The number of nitrogens with two attached hydrogens (primary N) is 1. The molecule has 2 aliphatic heterocycles. The average molecular weight is 275 g/mol. The molecule has 0 aromatic carbocycles. The van der Waals surface area contributed by atoms with Crippen molar-refractivity contribution in [2.24, 2.45) is 0 Å². The molecule has 9 heteroatoms. The van der Waals surface area contributed by atoms with Crippen molar-refractivity contribution in [3.63, 3.8) is 0 Å². The van der Waals surface area contributed by atoms with Gasteiger partial charge in [-0.25, -0.2) is 4.79 Å². The molecule has 1 aromatic heterocycles. The predicted octanol–water partition coefficient (Wildman–Crippen LogP) is -0.269. The van der Waals surface area contributed by atoms with E-state index in [1.165, 1.54) is 6.07 Å². The Kier molecular flexibility index (Phi) is 2.77. The van der Waals surface area contributed by atoms with Gasteiger partial charge in [0.1, 0.15) is 18.7 Å². The lowest BCUT2D eigenvalue weighted by Crippen LogP contribution is -2.46. The van der Waals surface area contributed by atoms with E-state index in [0.29, 0.717) is 4.57 Å². The number of alkyl halides is 2. The molecular formula is C10H11F2N3O4. The molecule has 0 spiro atoms. The zero-order chi connectivity index (χ0) is 13.6. The van der Waals surface area contributed by atoms with Gasteiger partial charge in [-0.15, -0.1) is 0 Å². The predicted molar refractivity (Wildman–Crippen MR) is 57.5 cm³/mol. The van der Waals surface area contributed by atoms with Gasteiger partial charge in [0.15, 0.2) is 6.10 Å². The molecule has 3 atom stereocenters. The van der Waals surface area contributed by atoms with E-state index in [9.17, 15) is 13.6 Å². The Morgan fingerprint density at radius 2 is 2.32 bits per heavy atom. The molecule has 0 amide bonds. The van der Waals surface area contributed by atoms with E-state index >= 15 is 0 Å². The first-order valence-corrected chi connectivity index (χ1v) is 5.57. The minimum Gasteiger partial charge on any atom is -0.383 e. The highest BCUT2D eigenvalue weighted by atomic mass is 19.3. The number of anilines is 1. The van der Waals surface area contributed by atoms with Crippen LogP contribution in [-0.2, 0) is 14.2 Å². The minimum atomic E-state index is -3.35. The number of hydrogen-bond donors (Lipinski definition) is 1. The number of ether oxygens (including phenoxy) is 3. The molecule has 2 N–H and O–H groups in total. The van der Waals surface area contributed by atoms with Crippen molar-refractivity contribution in [2.75, 3.05) is 19.1 Å². The van der Waals surface area contributed by atoms with Gasteiger partial charge in [0.2, 0.25) is 6.23 Å². The van der Waals surface area contributed by atoms with Crippen LogP contribution >= 0.6 is 0 Å². The molecule has 2 fully saturated rings. The molecule has 0 bridgehead atoms. The Morgan fingerprint density at radius 3 is 3.00 bits per heavy atom. The molecule has 104 valence electrons. The first-order chi connectivity index (χ1) is 9.00. The molecule has 0 saturated carbocycles. The fraction of sp³-hybridized carbons (Fsp3) is 0.600. The molecule has 19 heavy (non-hydrogen) atoms. The lowest BCUT2D eigenvalue weighted by atomic mass is 10.1. The van der Waals surface area contributed by atoms with Crippen LogP contribution < -0.4 is 11.4 Å². The topological polar surface area (TPSA) is 88.6 Å². The third-order valence-corrected chi connectivity index (χ3v) is 3.07. The molecule has 7 nitrogen and oxygen atoms in total. The van der Waals surface area contributed by atoms with Gasteiger partial charge < -0.3 is 19.9 Å². The Balaban J connectivity index is 1.98. The maximum atomic E-state index is 14.2. The number of halogens is 2. The van der Waals surface area contributed by atoms with Crippen molar-refractivity contribution >= 4 is 5.82 Å². The summed E-state index contributed by atoms with van der Waals surface area (Å²) in [5.41, 5.74) is 4.41. The fourth-order valence-electron chi connectivity index (χ4n) is 2.20. The third-order valence-electron chi connectivity index (χ3n) is 3.07. The van der Waals surface area contributed by atoms with Crippen LogP contribution in [0.25, 0.3) is 0 Å². The Morgan fingerprint density at radius 1 is 1.53 bits per heavy atom. The number of aromatic nitrogens is 2. The van der Waals surface area contributed by atoms with Gasteiger partial charge in [-0.3, -0.25) is 4.57 Å². The summed E-state index contributed by atoms with van der Waals surface area (Å²) in [5, 5.41) is 0. The number of hydrogen-bond acceptors (Lipinski definition) is 6. The van der Waals surface area contributed by atoms with E-state index in [-0.39, 0.29) is 19.2 Å². The molecule has 0 radical (unpaired) electrons. The van der Waals surface area contributed by atoms with Gasteiger partial charge in [-0.1, -0.05) is 0 Å². The van der Waals surface area contributed by atoms with Crippen LogP contribution in [0, 0.1) is 0 Å². The second kappa shape index (κ2) is 4.22. The van der Waals surface area contributed by atoms with E-state index < -0.39 is 30.0 Å². The first-order valence-electron chi connectivity index (χ1n) is 5.57. The van der Waals surface area contributed by atoms with E-state index in [2.05, 4.69) is 4.98 Å². The molecular weight excluding hydrogens is 264 g/mol. The van der Waals surface area contributed by atoms with Crippen LogP contribution in [0.4, 0.5) is 14.6 Å². The van der Waals surface area contributed by atoms with Crippen molar-refractivity contribution in [3.8, 4) is 0 Å². The van der Waals surface area contributed by atoms with Gasteiger partial charge in [-0.05, 0) is 6.07 Å². The van der Waals surface area contributed by atoms with Gasteiger partial charge in [0, 0.05) is 6.20 Å². The Hall–Kier alpha value is -1.58. The number of nitrogen functional groups attached to an aromatic ring is 1. The molecule has 2 aliphatic rings. The number of fused-ring (bicyclic) bond motifs is 1. The summed E-state index contributed by atoms with van der Waals surface area (Å²) in [5.74, 6) is -3.39. The van der Waals surface area contributed by atoms with E-state index in [1.807, 2.05) is 0 Å². The zero-order valence-corrected chi connectivity index (χ0v) is 9.66. The Labute approximate surface area is 105 Å². The maximum absolute atomic E-state index is 14.2. The molecule has 0 aliphatic carbocycles. The van der Waals surface area contributed by atoms with Crippen molar-refractivity contribution in [1.82, 2.24) is 9.55 Å².